The van der Waals surface area contributed by atoms with E-state index in [9.17, 15) is 4.79 Å². The first kappa shape index (κ1) is 16.4. The maximum atomic E-state index is 12.3. The van der Waals surface area contributed by atoms with Crippen LogP contribution in [0.5, 0.6) is 0 Å². The average Bonchev–Trinajstić information content (AvgIpc) is 2.73. The maximum absolute atomic E-state index is 12.3. The van der Waals surface area contributed by atoms with Crippen molar-refractivity contribution >= 4 is 11.7 Å². The van der Waals surface area contributed by atoms with Gasteiger partial charge in [0.05, 0.1) is 13.2 Å². The number of hydrogen-bond acceptors (Lipinski definition) is 5. The fraction of sp³-hybridized carbons (Fsp3) is 0.750. The molecule has 1 aromatic heterocycles. The molecule has 1 amide bonds. The molecule has 7 heteroatoms. The Morgan fingerprint density at radius 2 is 2.26 bits per heavy atom. The van der Waals surface area contributed by atoms with E-state index in [1.807, 2.05) is 19.3 Å². The highest BCUT2D eigenvalue weighted by Gasteiger charge is 2.34. The second kappa shape index (κ2) is 7.42. The van der Waals surface area contributed by atoms with Gasteiger partial charge in [0, 0.05) is 58.6 Å². The topological polar surface area (TPSA) is 62.6 Å². The van der Waals surface area contributed by atoms with E-state index in [0.717, 1.165) is 32.8 Å². The standard InChI is InChI=1S/C16H27N5O2/c1-19-6-5-15(18-19)17-16(22)12-20-9-13-3-4-14(11-20)21(10-13)7-8-23-2/h5-6,13-14H,3-4,7-12H2,1-2H3,(H,17,18,22)/t13-,14+/m1/s1. The number of carbonyl (C=O) groups is 1. The van der Waals surface area contributed by atoms with Crippen LogP contribution in [0.3, 0.4) is 0 Å². The van der Waals surface area contributed by atoms with Crippen molar-refractivity contribution in [2.24, 2.45) is 13.0 Å². The van der Waals surface area contributed by atoms with E-state index >= 15 is 0 Å². The number of ether oxygens (including phenoxy) is 1. The molecular formula is C16H27N5O2. The van der Waals surface area contributed by atoms with Gasteiger partial charge in [-0.1, -0.05) is 0 Å². The Balaban J connectivity index is 1.53. The monoisotopic (exact) mass is 321 g/mol. The van der Waals surface area contributed by atoms with E-state index in [1.54, 1.807) is 11.8 Å². The van der Waals surface area contributed by atoms with E-state index in [-0.39, 0.29) is 5.91 Å². The lowest BCUT2D eigenvalue weighted by molar-refractivity contribution is -0.117. The minimum Gasteiger partial charge on any atom is -0.383 e. The second-order valence-corrected chi connectivity index (χ2v) is 6.70. The van der Waals surface area contributed by atoms with Crippen molar-refractivity contribution < 1.29 is 9.53 Å². The van der Waals surface area contributed by atoms with Crippen LogP contribution in [0.15, 0.2) is 12.3 Å². The summed E-state index contributed by atoms with van der Waals surface area (Å²) in [6, 6.07) is 2.36. The van der Waals surface area contributed by atoms with Crippen LogP contribution in [0.4, 0.5) is 5.82 Å². The lowest BCUT2D eigenvalue weighted by atomic mass is 9.95. The third-order valence-electron chi connectivity index (χ3n) is 4.83. The molecule has 3 aliphatic heterocycles. The van der Waals surface area contributed by atoms with Gasteiger partial charge in [0.1, 0.15) is 0 Å². The molecule has 0 spiro atoms. The van der Waals surface area contributed by atoms with Crippen LogP contribution in [-0.4, -0.2) is 78.0 Å². The zero-order chi connectivity index (χ0) is 16.2. The Morgan fingerprint density at radius 1 is 1.39 bits per heavy atom. The van der Waals surface area contributed by atoms with E-state index in [0.29, 0.717) is 24.3 Å². The molecule has 0 saturated carbocycles. The molecule has 2 bridgehead atoms. The van der Waals surface area contributed by atoms with Gasteiger partial charge in [-0.3, -0.25) is 19.3 Å². The number of methoxy groups -OCH3 is 1. The minimum atomic E-state index is 0.0217. The Kier molecular flexibility index (Phi) is 5.30. The Hall–Kier alpha value is -1.44. The summed E-state index contributed by atoms with van der Waals surface area (Å²) in [7, 11) is 3.60. The third-order valence-corrected chi connectivity index (χ3v) is 4.83. The van der Waals surface area contributed by atoms with Gasteiger partial charge in [-0.25, -0.2) is 0 Å². The number of aryl methyl sites for hydroxylation is 1. The van der Waals surface area contributed by atoms with E-state index in [1.165, 1.54) is 12.8 Å². The predicted octanol–water partition coefficient (Wildman–Crippen LogP) is 0.401. The van der Waals surface area contributed by atoms with Gasteiger partial charge in [0.25, 0.3) is 0 Å². The quantitative estimate of drug-likeness (QED) is 0.822. The van der Waals surface area contributed by atoms with Crippen LogP contribution in [-0.2, 0) is 16.6 Å². The number of nitrogens with zero attached hydrogens (tertiary/aromatic N) is 4. The summed E-state index contributed by atoms with van der Waals surface area (Å²) in [4.78, 5) is 17.1. The lowest BCUT2D eigenvalue weighted by Gasteiger charge is -2.35. The van der Waals surface area contributed by atoms with Crippen molar-refractivity contribution in [1.29, 1.82) is 0 Å². The molecule has 0 aromatic carbocycles. The molecule has 4 heterocycles. The lowest BCUT2D eigenvalue weighted by Crippen LogP contribution is -2.45. The number of amides is 1. The molecule has 1 aromatic rings. The number of fused-ring (bicyclic) bond motifs is 4. The summed E-state index contributed by atoms with van der Waals surface area (Å²) >= 11 is 0. The number of nitrogens with one attached hydrogen (secondary N) is 1. The summed E-state index contributed by atoms with van der Waals surface area (Å²) < 4.78 is 6.91. The molecule has 128 valence electrons. The Labute approximate surface area is 137 Å². The number of aromatic nitrogens is 2. The fourth-order valence-electron chi connectivity index (χ4n) is 3.75. The zero-order valence-corrected chi connectivity index (χ0v) is 14.1. The zero-order valence-electron chi connectivity index (χ0n) is 14.1. The highest BCUT2D eigenvalue weighted by atomic mass is 16.5. The molecule has 3 saturated heterocycles. The summed E-state index contributed by atoms with van der Waals surface area (Å²) in [5, 5.41) is 7.07. The van der Waals surface area contributed by atoms with Crippen molar-refractivity contribution in [2.45, 2.75) is 18.9 Å². The molecule has 0 aliphatic carbocycles. The van der Waals surface area contributed by atoms with Crippen LogP contribution in [0.25, 0.3) is 0 Å². The number of piperidine rings is 1. The van der Waals surface area contributed by atoms with E-state index in [4.69, 9.17) is 4.74 Å². The predicted molar refractivity (Wildman–Crippen MR) is 88.2 cm³/mol. The van der Waals surface area contributed by atoms with E-state index < -0.39 is 0 Å². The van der Waals surface area contributed by atoms with Gasteiger partial charge in [0.15, 0.2) is 5.82 Å². The maximum Gasteiger partial charge on any atom is 0.239 e. The van der Waals surface area contributed by atoms with Gasteiger partial charge in [-0.2, -0.15) is 5.10 Å². The van der Waals surface area contributed by atoms with Crippen molar-refractivity contribution in [2.75, 3.05) is 51.8 Å². The first-order valence-corrected chi connectivity index (χ1v) is 8.39. The second-order valence-electron chi connectivity index (χ2n) is 6.70. The Bertz CT molecular complexity index is 532. The van der Waals surface area contributed by atoms with Crippen LogP contribution in [0.2, 0.25) is 0 Å². The molecular weight excluding hydrogens is 294 g/mol. The largest absolute Gasteiger partial charge is 0.383 e. The number of hydrogen-bond donors (Lipinski definition) is 1. The molecule has 23 heavy (non-hydrogen) atoms. The van der Waals surface area contributed by atoms with Gasteiger partial charge in [-0.05, 0) is 18.8 Å². The normalized spacial score (nSPS) is 25.5. The number of carbonyl (C=O) groups excluding carboxylic acids is 1. The van der Waals surface area contributed by atoms with Gasteiger partial charge < -0.3 is 10.1 Å². The average molecular weight is 321 g/mol. The van der Waals surface area contributed by atoms with Crippen molar-refractivity contribution in [3.05, 3.63) is 12.3 Å². The first-order chi connectivity index (χ1) is 11.1. The number of anilines is 1. The van der Waals surface area contributed by atoms with Gasteiger partial charge >= 0.3 is 0 Å². The highest BCUT2D eigenvalue weighted by molar-refractivity contribution is 5.91. The van der Waals surface area contributed by atoms with Crippen LogP contribution in [0.1, 0.15) is 12.8 Å². The molecule has 2 atom stereocenters. The van der Waals surface area contributed by atoms with Crippen molar-refractivity contribution in [3.63, 3.8) is 0 Å². The number of rotatable bonds is 6. The van der Waals surface area contributed by atoms with Crippen molar-refractivity contribution in [1.82, 2.24) is 19.6 Å². The summed E-state index contributed by atoms with van der Waals surface area (Å²) in [5.74, 6) is 1.30. The fourth-order valence-corrected chi connectivity index (χ4v) is 3.75. The molecule has 0 unspecified atom stereocenters. The molecule has 4 rings (SSSR count). The van der Waals surface area contributed by atoms with Crippen LogP contribution < -0.4 is 5.32 Å². The van der Waals surface area contributed by atoms with Gasteiger partial charge in [0.2, 0.25) is 5.91 Å². The summed E-state index contributed by atoms with van der Waals surface area (Å²) in [6.07, 6.45) is 4.33. The SMILES string of the molecule is COCCN1C[C@@H]2CC[C@H]1CN(CC(=O)Nc1ccn(C)n1)C2. The Morgan fingerprint density at radius 3 is 3.00 bits per heavy atom. The van der Waals surface area contributed by atoms with Crippen LogP contribution in [0, 0.1) is 5.92 Å². The smallest absolute Gasteiger partial charge is 0.239 e. The summed E-state index contributed by atoms with van der Waals surface area (Å²) in [6.45, 7) is 5.33. The van der Waals surface area contributed by atoms with Crippen LogP contribution >= 0.6 is 0 Å². The third kappa shape index (κ3) is 4.31. The highest BCUT2D eigenvalue weighted by Crippen LogP contribution is 2.27. The minimum absolute atomic E-state index is 0.0217. The molecule has 1 N–H and O–H groups in total. The van der Waals surface area contributed by atoms with E-state index in [2.05, 4.69) is 20.2 Å². The summed E-state index contributed by atoms with van der Waals surface area (Å²) in [5.41, 5.74) is 0. The molecule has 3 fully saturated rings. The first-order valence-electron chi connectivity index (χ1n) is 8.39. The molecule has 3 aliphatic rings. The molecule has 0 radical (unpaired) electrons. The van der Waals surface area contributed by atoms with Gasteiger partial charge in [-0.15, -0.1) is 0 Å². The molecule has 7 nitrogen and oxygen atoms in total. The van der Waals surface area contributed by atoms with Crippen molar-refractivity contribution in [3.8, 4) is 0 Å².